The molecule has 0 spiro atoms. The van der Waals surface area contributed by atoms with Crippen molar-refractivity contribution in [3.05, 3.63) is 11.6 Å². The van der Waals surface area contributed by atoms with Crippen LogP contribution in [0, 0.1) is 11.3 Å². The second-order valence-corrected chi connectivity index (χ2v) is 4.63. The first-order valence-corrected chi connectivity index (χ1v) is 5.32. The van der Waals surface area contributed by atoms with Crippen LogP contribution in [0.1, 0.15) is 53.4 Å². The molecule has 1 atom stereocenters. The highest BCUT2D eigenvalue weighted by Gasteiger charge is 2.31. The number of hydrogen-bond acceptors (Lipinski definition) is 0. The summed E-state index contributed by atoms with van der Waals surface area (Å²) < 4.78 is 0. The standard InChI is InChI=1S/C12H22/c1-5-9-12(3,4)11-8-7-10(11)6-2/h8,10H,5-7,9H2,1-4H3. The zero-order valence-corrected chi connectivity index (χ0v) is 8.98. The van der Waals surface area contributed by atoms with Crippen LogP contribution in [0.5, 0.6) is 0 Å². The minimum absolute atomic E-state index is 0.480. The Balaban J connectivity index is 2.57. The van der Waals surface area contributed by atoms with Crippen molar-refractivity contribution in [1.82, 2.24) is 0 Å². The third-order valence-corrected chi connectivity index (χ3v) is 3.21. The van der Waals surface area contributed by atoms with Gasteiger partial charge in [0.15, 0.2) is 0 Å². The normalized spacial score (nSPS) is 23.3. The summed E-state index contributed by atoms with van der Waals surface area (Å²) in [5.74, 6) is 0.909. The fourth-order valence-electron chi connectivity index (χ4n) is 2.39. The summed E-state index contributed by atoms with van der Waals surface area (Å²) in [6.45, 7) is 9.37. The molecule has 0 amide bonds. The predicted octanol–water partition coefficient (Wildman–Crippen LogP) is 4.17. The lowest BCUT2D eigenvalue weighted by atomic mass is 9.67. The van der Waals surface area contributed by atoms with Gasteiger partial charge in [0.2, 0.25) is 0 Å². The molecule has 1 aliphatic rings. The Hall–Kier alpha value is -0.260. The van der Waals surface area contributed by atoms with Crippen LogP contribution in [-0.4, -0.2) is 0 Å². The summed E-state index contributed by atoms with van der Waals surface area (Å²) in [5.41, 5.74) is 2.21. The van der Waals surface area contributed by atoms with Gasteiger partial charge in [-0.15, -0.1) is 0 Å². The SMILES string of the molecule is CCCC(C)(C)C1=CCC1CC. The van der Waals surface area contributed by atoms with Gasteiger partial charge >= 0.3 is 0 Å². The molecule has 12 heavy (non-hydrogen) atoms. The third kappa shape index (κ3) is 1.73. The summed E-state index contributed by atoms with van der Waals surface area (Å²) in [5, 5.41) is 0. The Morgan fingerprint density at radius 2 is 2.08 bits per heavy atom. The number of hydrogen-bond donors (Lipinski definition) is 0. The summed E-state index contributed by atoms with van der Waals surface area (Å²) in [7, 11) is 0. The van der Waals surface area contributed by atoms with Crippen LogP contribution < -0.4 is 0 Å². The van der Waals surface area contributed by atoms with Crippen molar-refractivity contribution in [2.24, 2.45) is 11.3 Å². The molecule has 0 saturated heterocycles. The van der Waals surface area contributed by atoms with Crippen LogP contribution in [0.4, 0.5) is 0 Å². The molecule has 1 unspecified atom stereocenters. The number of allylic oxidation sites excluding steroid dienone is 2. The molecule has 0 fully saturated rings. The molecule has 1 rings (SSSR count). The predicted molar refractivity (Wildman–Crippen MR) is 55.2 cm³/mol. The van der Waals surface area contributed by atoms with Gasteiger partial charge < -0.3 is 0 Å². The van der Waals surface area contributed by atoms with E-state index in [1.54, 1.807) is 5.57 Å². The van der Waals surface area contributed by atoms with Crippen LogP contribution in [0.2, 0.25) is 0 Å². The van der Waals surface area contributed by atoms with E-state index >= 15 is 0 Å². The van der Waals surface area contributed by atoms with Crippen molar-refractivity contribution in [3.8, 4) is 0 Å². The Labute approximate surface area is 77.1 Å². The topological polar surface area (TPSA) is 0 Å². The van der Waals surface area contributed by atoms with E-state index in [-0.39, 0.29) is 0 Å². The van der Waals surface area contributed by atoms with Crippen LogP contribution in [0.3, 0.4) is 0 Å². The average Bonchev–Trinajstić information content (AvgIpc) is 1.83. The van der Waals surface area contributed by atoms with E-state index in [1.807, 2.05) is 0 Å². The molecule has 0 aromatic heterocycles. The van der Waals surface area contributed by atoms with E-state index in [2.05, 4.69) is 33.8 Å². The van der Waals surface area contributed by atoms with E-state index in [0.29, 0.717) is 5.41 Å². The minimum Gasteiger partial charge on any atom is -0.0839 e. The van der Waals surface area contributed by atoms with Gasteiger partial charge in [-0.3, -0.25) is 0 Å². The first-order chi connectivity index (χ1) is 5.61. The maximum Gasteiger partial charge on any atom is -0.0142 e. The second kappa shape index (κ2) is 3.64. The highest BCUT2D eigenvalue weighted by molar-refractivity contribution is 5.24. The molecular weight excluding hydrogens is 144 g/mol. The van der Waals surface area contributed by atoms with Crippen molar-refractivity contribution in [3.63, 3.8) is 0 Å². The monoisotopic (exact) mass is 166 g/mol. The van der Waals surface area contributed by atoms with Crippen LogP contribution >= 0.6 is 0 Å². The van der Waals surface area contributed by atoms with Gasteiger partial charge in [-0.2, -0.15) is 0 Å². The quantitative estimate of drug-likeness (QED) is 0.550. The Morgan fingerprint density at radius 3 is 2.42 bits per heavy atom. The smallest absolute Gasteiger partial charge is 0.0142 e. The van der Waals surface area contributed by atoms with Gasteiger partial charge in [0.25, 0.3) is 0 Å². The van der Waals surface area contributed by atoms with Crippen LogP contribution in [0.25, 0.3) is 0 Å². The Bertz CT molecular complexity index is 174. The maximum atomic E-state index is 2.45. The molecule has 0 aromatic rings. The second-order valence-electron chi connectivity index (χ2n) is 4.63. The van der Waals surface area contributed by atoms with Crippen LogP contribution in [-0.2, 0) is 0 Å². The maximum absolute atomic E-state index is 2.45. The molecule has 0 heteroatoms. The first-order valence-electron chi connectivity index (χ1n) is 5.32. The molecule has 1 aliphatic carbocycles. The van der Waals surface area contributed by atoms with Crippen molar-refractivity contribution in [2.45, 2.75) is 53.4 Å². The molecule has 0 bridgehead atoms. The highest BCUT2D eigenvalue weighted by atomic mass is 14.4. The van der Waals surface area contributed by atoms with Gasteiger partial charge in [0, 0.05) is 0 Å². The Morgan fingerprint density at radius 1 is 1.42 bits per heavy atom. The van der Waals surface area contributed by atoms with Gasteiger partial charge in [-0.05, 0) is 30.6 Å². The average molecular weight is 166 g/mol. The minimum atomic E-state index is 0.480. The molecule has 0 aliphatic heterocycles. The highest BCUT2D eigenvalue weighted by Crippen LogP contribution is 2.44. The zero-order valence-electron chi connectivity index (χ0n) is 8.98. The molecule has 0 nitrogen and oxygen atoms in total. The van der Waals surface area contributed by atoms with E-state index < -0.39 is 0 Å². The van der Waals surface area contributed by atoms with E-state index in [1.165, 1.54) is 25.7 Å². The summed E-state index contributed by atoms with van der Waals surface area (Å²) >= 11 is 0. The van der Waals surface area contributed by atoms with Gasteiger partial charge in [-0.1, -0.05) is 45.8 Å². The lowest BCUT2D eigenvalue weighted by molar-refractivity contribution is 0.323. The van der Waals surface area contributed by atoms with Crippen molar-refractivity contribution in [2.75, 3.05) is 0 Å². The summed E-state index contributed by atoms with van der Waals surface area (Å²) in [6.07, 6.45) is 7.76. The fraction of sp³-hybridized carbons (Fsp3) is 0.833. The van der Waals surface area contributed by atoms with Crippen molar-refractivity contribution >= 4 is 0 Å². The summed E-state index contributed by atoms with van der Waals surface area (Å²) in [4.78, 5) is 0. The lowest BCUT2D eigenvalue weighted by Gasteiger charge is -2.38. The largest absolute Gasteiger partial charge is 0.0839 e. The van der Waals surface area contributed by atoms with E-state index in [4.69, 9.17) is 0 Å². The first kappa shape index (κ1) is 9.83. The van der Waals surface area contributed by atoms with Crippen molar-refractivity contribution < 1.29 is 0 Å². The van der Waals surface area contributed by atoms with E-state index in [9.17, 15) is 0 Å². The fourth-order valence-corrected chi connectivity index (χ4v) is 2.39. The molecule has 0 heterocycles. The Kier molecular flexibility index (Phi) is 2.98. The molecule has 0 aromatic carbocycles. The van der Waals surface area contributed by atoms with Gasteiger partial charge in [0.05, 0.1) is 0 Å². The van der Waals surface area contributed by atoms with Crippen LogP contribution in [0.15, 0.2) is 11.6 Å². The molecule has 0 N–H and O–H groups in total. The number of rotatable bonds is 4. The molecule has 70 valence electrons. The van der Waals surface area contributed by atoms with Gasteiger partial charge in [-0.25, -0.2) is 0 Å². The zero-order chi connectivity index (χ0) is 9.19. The van der Waals surface area contributed by atoms with E-state index in [0.717, 1.165) is 5.92 Å². The lowest BCUT2D eigenvalue weighted by Crippen LogP contribution is -2.26. The summed E-state index contributed by atoms with van der Waals surface area (Å²) in [6, 6.07) is 0. The molecule has 0 saturated carbocycles. The van der Waals surface area contributed by atoms with Crippen molar-refractivity contribution in [1.29, 1.82) is 0 Å². The molecular formula is C12H22. The third-order valence-electron chi connectivity index (χ3n) is 3.21. The van der Waals surface area contributed by atoms with Gasteiger partial charge in [0.1, 0.15) is 0 Å². The molecule has 0 radical (unpaired) electrons.